The van der Waals surface area contributed by atoms with Gasteiger partial charge in [0.05, 0.1) is 10.7 Å². The first kappa shape index (κ1) is 11.5. The smallest absolute Gasteiger partial charge is 0.0621 e. The summed E-state index contributed by atoms with van der Waals surface area (Å²) < 4.78 is 0. The number of rotatable bonds is 5. The van der Waals surface area contributed by atoms with E-state index in [9.17, 15) is 0 Å². The Balaban J connectivity index is 2.41. The summed E-state index contributed by atoms with van der Waals surface area (Å²) in [6.45, 7) is 4.52. The third kappa shape index (κ3) is 3.67. The molecule has 0 aliphatic carbocycles. The molecule has 78 valence electrons. The minimum absolute atomic E-state index is 0.776. The first-order valence-corrected chi connectivity index (χ1v) is 5.71. The van der Waals surface area contributed by atoms with Crippen LogP contribution in [-0.4, -0.2) is 4.98 Å². The molecule has 1 aromatic rings. The van der Waals surface area contributed by atoms with Gasteiger partial charge in [-0.3, -0.25) is 4.98 Å². The molecular weight excluding hydrogens is 194 g/mol. The lowest BCUT2D eigenvalue weighted by Gasteiger charge is -2.09. The molecule has 0 aliphatic heterocycles. The van der Waals surface area contributed by atoms with Crippen LogP contribution in [0.15, 0.2) is 18.3 Å². The van der Waals surface area contributed by atoms with Crippen molar-refractivity contribution in [2.24, 2.45) is 5.92 Å². The Hall–Kier alpha value is -0.560. The van der Waals surface area contributed by atoms with Gasteiger partial charge in [-0.2, -0.15) is 0 Å². The van der Waals surface area contributed by atoms with Crippen molar-refractivity contribution >= 4 is 11.6 Å². The molecule has 0 N–H and O–H groups in total. The molecule has 0 fully saturated rings. The molecule has 0 saturated carbocycles. The van der Waals surface area contributed by atoms with E-state index in [1.807, 2.05) is 18.3 Å². The number of pyridine rings is 1. The van der Waals surface area contributed by atoms with Gasteiger partial charge in [0.2, 0.25) is 0 Å². The lowest BCUT2D eigenvalue weighted by molar-refractivity contribution is 0.484. The van der Waals surface area contributed by atoms with Crippen LogP contribution in [0.5, 0.6) is 0 Å². The number of nitrogens with zero attached hydrogens (tertiary/aromatic N) is 1. The van der Waals surface area contributed by atoms with Crippen LogP contribution in [0.4, 0.5) is 0 Å². The van der Waals surface area contributed by atoms with E-state index in [0.717, 1.165) is 23.1 Å². The van der Waals surface area contributed by atoms with E-state index >= 15 is 0 Å². The average molecular weight is 212 g/mol. The Morgan fingerprint density at radius 1 is 1.43 bits per heavy atom. The predicted molar refractivity (Wildman–Crippen MR) is 61.6 cm³/mol. The molecule has 0 radical (unpaired) electrons. The van der Waals surface area contributed by atoms with Crippen LogP contribution in [0.1, 0.15) is 38.8 Å². The SMILES string of the molecule is CCCC(C)CCc1ncccc1Cl. The molecule has 1 nitrogen and oxygen atoms in total. The fraction of sp³-hybridized carbons (Fsp3) is 0.583. The highest BCUT2D eigenvalue weighted by Gasteiger charge is 2.04. The summed E-state index contributed by atoms with van der Waals surface area (Å²) in [4.78, 5) is 4.28. The Morgan fingerprint density at radius 3 is 2.86 bits per heavy atom. The van der Waals surface area contributed by atoms with Gasteiger partial charge in [0.1, 0.15) is 0 Å². The fourth-order valence-corrected chi connectivity index (χ4v) is 1.84. The molecule has 1 heterocycles. The van der Waals surface area contributed by atoms with E-state index < -0.39 is 0 Å². The molecule has 0 amide bonds. The average Bonchev–Trinajstić information content (AvgIpc) is 2.17. The van der Waals surface area contributed by atoms with Crippen molar-refractivity contribution in [3.8, 4) is 0 Å². The van der Waals surface area contributed by atoms with Crippen LogP contribution in [0.2, 0.25) is 5.02 Å². The van der Waals surface area contributed by atoms with Gasteiger partial charge in [-0.15, -0.1) is 0 Å². The van der Waals surface area contributed by atoms with E-state index in [0.29, 0.717) is 0 Å². The van der Waals surface area contributed by atoms with Crippen molar-refractivity contribution < 1.29 is 0 Å². The van der Waals surface area contributed by atoms with Crippen LogP contribution in [0.3, 0.4) is 0 Å². The minimum Gasteiger partial charge on any atom is -0.260 e. The first-order valence-electron chi connectivity index (χ1n) is 5.33. The molecular formula is C12H18ClN. The molecule has 1 rings (SSSR count). The lowest BCUT2D eigenvalue weighted by atomic mass is 9.99. The highest BCUT2D eigenvalue weighted by atomic mass is 35.5. The highest BCUT2D eigenvalue weighted by Crippen LogP contribution is 2.18. The van der Waals surface area contributed by atoms with Gasteiger partial charge in [0.25, 0.3) is 0 Å². The quantitative estimate of drug-likeness (QED) is 0.715. The maximum atomic E-state index is 6.02. The Bertz CT molecular complexity index is 273. The van der Waals surface area contributed by atoms with Gasteiger partial charge >= 0.3 is 0 Å². The number of aromatic nitrogens is 1. The Morgan fingerprint density at radius 2 is 2.21 bits per heavy atom. The largest absolute Gasteiger partial charge is 0.260 e. The Labute approximate surface area is 91.5 Å². The molecule has 1 aromatic heterocycles. The summed E-state index contributed by atoms with van der Waals surface area (Å²) in [5, 5.41) is 0.802. The fourth-order valence-electron chi connectivity index (χ4n) is 1.62. The zero-order valence-corrected chi connectivity index (χ0v) is 9.72. The zero-order valence-electron chi connectivity index (χ0n) is 8.96. The van der Waals surface area contributed by atoms with E-state index in [-0.39, 0.29) is 0 Å². The van der Waals surface area contributed by atoms with Crippen molar-refractivity contribution in [1.82, 2.24) is 4.98 Å². The summed E-state index contributed by atoms with van der Waals surface area (Å²) >= 11 is 6.02. The monoisotopic (exact) mass is 211 g/mol. The number of halogens is 1. The third-order valence-electron chi connectivity index (χ3n) is 2.49. The van der Waals surface area contributed by atoms with Crippen LogP contribution >= 0.6 is 11.6 Å². The third-order valence-corrected chi connectivity index (χ3v) is 2.83. The predicted octanol–water partition coefficient (Wildman–Crippen LogP) is 4.10. The van der Waals surface area contributed by atoms with Crippen LogP contribution < -0.4 is 0 Å². The van der Waals surface area contributed by atoms with Gasteiger partial charge in [-0.25, -0.2) is 0 Å². The summed E-state index contributed by atoms with van der Waals surface area (Å²) in [5.41, 5.74) is 1.04. The van der Waals surface area contributed by atoms with Gasteiger partial charge in [-0.05, 0) is 30.9 Å². The first-order chi connectivity index (χ1) is 6.74. The van der Waals surface area contributed by atoms with Gasteiger partial charge < -0.3 is 0 Å². The van der Waals surface area contributed by atoms with Crippen LogP contribution in [0.25, 0.3) is 0 Å². The maximum absolute atomic E-state index is 6.02. The second kappa shape index (κ2) is 6.02. The summed E-state index contributed by atoms with van der Waals surface area (Å²) in [7, 11) is 0. The van der Waals surface area contributed by atoms with E-state index in [4.69, 9.17) is 11.6 Å². The summed E-state index contributed by atoms with van der Waals surface area (Å²) in [6.07, 6.45) is 6.55. The molecule has 0 aromatic carbocycles. The van der Waals surface area contributed by atoms with Gasteiger partial charge in [0, 0.05) is 6.20 Å². The number of hydrogen-bond donors (Lipinski definition) is 0. The molecule has 0 bridgehead atoms. The van der Waals surface area contributed by atoms with E-state index in [1.165, 1.54) is 19.3 Å². The summed E-state index contributed by atoms with van der Waals surface area (Å²) in [5.74, 6) is 0.776. The molecule has 0 spiro atoms. The molecule has 0 saturated heterocycles. The van der Waals surface area contributed by atoms with Crippen LogP contribution in [-0.2, 0) is 6.42 Å². The number of aryl methyl sites for hydroxylation is 1. The highest BCUT2D eigenvalue weighted by molar-refractivity contribution is 6.31. The van der Waals surface area contributed by atoms with Crippen molar-refractivity contribution in [2.45, 2.75) is 39.5 Å². The maximum Gasteiger partial charge on any atom is 0.0621 e. The topological polar surface area (TPSA) is 12.9 Å². The molecule has 1 atom stereocenters. The Kier molecular flexibility index (Phi) is 4.95. The molecule has 1 unspecified atom stereocenters. The van der Waals surface area contributed by atoms with Gasteiger partial charge in [-0.1, -0.05) is 38.3 Å². The standard InChI is InChI=1S/C12H18ClN/c1-3-5-10(2)7-8-12-11(13)6-4-9-14-12/h4,6,9-10H,3,5,7-8H2,1-2H3. The second-order valence-electron chi connectivity index (χ2n) is 3.86. The number of hydrogen-bond acceptors (Lipinski definition) is 1. The van der Waals surface area contributed by atoms with Crippen molar-refractivity contribution in [1.29, 1.82) is 0 Å². The van der Waals surface area contributed by atoms with Crippen molar-refractivity contribution in [2.75, 3.05) is 0 Å². The van der Waals surface area contributed by atoms with Crippen molar-refractivity contribution in [3.63, 3.8) is 0 Å². The van der Waals surface area contributed by atoms with Crippen LogP contribution in [0, 0.1) is 5.92 Å². The summed E-state index contributed by atoms with van der Waals surface area (Å²) in [6, 6.07) is 3.79. The minimum atomic E-state index is 0.776. The molecule has 0 aliphatic rings. The zero-order chi connectivity index (χ0) is 10.4. The van der Waals surface area contributed by atoms with E-state index in [1.54, 1.807) is 0 Å². The molecule has 14 heavy (non-hydrogen) atoms. The van der Waals surface area contributed by atoms with E-state index in [2.05, 4.69) is 18.8 Å². The molecule has 2 heteroatoms. The van der Waals surface area contributed by atoms with Crippen molar-refractivity contribution in [3.05, 3.63) is 29.0 Å². The second-order valence-corrected chi connectivity index (χ2v) is 4.27. The lowest BCUT2D eigenvalue weighted by Crippen LogP contribution is -1.98. The normalized spacial score (nSPS) is 12.8. The van der Waals surface area contributed by atoms with Gasteiger partial charge in [0.15, 0.2) is 0 Å².